The molecule has 0 radical (unpaired) electrons. The summed E-state index contributed by atoms with van der Waals surface area (Å²) >= 11 is 0. The number of fused-ring (bicyclic) bond motifs is 5. The molecule has 6 rings (SSSR count). The minimum atomic E-state index is -5.01. The zero-order valence-electron chi connectivity index (χ0n) is 34.8. The third-order valence-electron chi connectivity index (χ3n) is 13.3. The Morgan fingerprint density at radius 3 is 2.15 bits per heavy atom. The molecule has 0 unspecified atom stereocenters. The van der Waals surface area contributed by atoms with E-state index in [2.05, 4.69) is 10.1 Å². The molecule has 338 valence electrons. The average Bonchev–Trinajstić information content (AvgIpc) is 3.17. The van der Waals surface area contributed by atoms with Gasteiger partial charge in [-0.2, -0.15) is 13.2 Å². The summed E-state index contributed by atoms with van der Waals surface area (Å²) in [5.74, 6) is -7.57. The van der Waals surface area contributed by atoms with Crippen LogP contribution in [0.25, 0.3) is 0 Å². The molecule has 5 N–H and O–H groups in total. The first-order valence-corrected chi connectivity index (χ1v) is 19.8. The molecule has 19 heteroatoms. The zero-order valence-corrected chi connectivity index (χ0v) is 34.8. The molecule has 2 aromatic carbocycles. The van der Waals surface area contributed by atoms with Crippen molar-refractivity contribution in [3.63, 3.8) is 0 Å². The third-order valence-corrected chi connectivity index (χ3v) is 13.3. The number of esters is 3. The fraction of sp³-hybridized carbons (Fsp3) is 0.558. The lowest BCUT2D eigenvalue weighted by Crippen LogP contribution is -2.81. The number of nitrogens with one attached hydrogen (secondary N) is 1. The molecular weight excluding hydrogens is 830 g/mol. The highest BCUT2D eigenvalue weighted by atomic mass is 19.4. The van der Waals surface area contributed by atoms with Crippen LogP contribution in [-0.4, -0.2) is 116 Å². The Hall–Kier alpha value is -4.95. The Bertz CT molecular complexity index is 2160. The maximum absolute atomic E-state index is 15.2. The molecule has 1 amide bonds. The van der Waals surface area contributed by atoms with E-state index in [9.17, 15) is 57.6 Å². The molecule has 1 saturated heterocycles. The number of Topliss-reactive ketones (excluding diaryl/α,β-unsaturated/α-hetero) is 1. The van der Waals surface area contributed by atoms with Gasteiger partial charge in [-0.3, -0.25) is 9.59 Å². The number of alkyl carbamates (subject to hydrolysis) is 1. The lowest BCUT2D eigenvalue weighted by molar-refractivity contribution is -0.346. The number of carbonyl (C=O) groups excluding carboxylic acids is 5. The highest BCUT2D eigenvalue weighted by molar-refractivity contribution is 5.94. The molecule has 0 aromatic heterocycles. The van der Waals surface area contributed by atoms with Crippen LogP contribution in [0.2, 0.25) is 0 Å². The van der Waals surface area contributed by atoms with Crippen molar-refractivity contribution in [2.75, 3.05) is 6.61 Å². The number of halogens is 4. The van der Waals surface area contributed by atoms with Gasteiger partial charge in [0.05, 0.1) is 35.6 Å². The normalized spacial score (nSPS) is 32.6. The summed E-state index contributed by atoms with van der Waals surface area (Å²) in [6.45, 7) is 7.23. The van der Waals surface area contributed by atoms with Crippen LogP contribution in [0.3, 0.4) is 0 Å². The smallest absolute Gasteiger partial charge is 0.427 e. The molecule has 2 aromatic rings. The van der Waals surface area contributed by atoms with Gasteiger partial charge in [-0.1, -0.05) is 56.3 Å². The predicted molar refractivity (Wildman–Crippen MR) is 204 cm³/mol. The summed E-state index contributed by atoms with van der Waals surface area (Å²) in [6.07, 6.45) is -18.9. The van der Waals surface area contributed by atoms with E-state index in [0.717, 1.165) is 19.1 Å². The summed E-state index contributed by atoms with van der Waals surface area (Å²) in [4.78, 5) is 68.8. The highest BCUT2D eigenvalue weighted by Gasteiger charge is 2.78. The van der Waals surface area contributed by atoms with Gasteiger partial charge in [-0.05, 0) is 56.5 Å². The van der Waals surface area contributed by atoms with Crippen LogP contribution in [0.15, 0.2) is 65.7 Å². The Labute approximate surface area is 353 Å². The summed E-state index contributed by atoms with van der Waals surface area (Å²) in [7, 11) is 0. The predicted octanol–water partition coefficient (Wildman–Crippen LogP) is 3.94. The molecule has 2 bridgehead atoms. The molecule has 3 fully saturated rings. The maximum atomic E-state index is 15.2. The molecule has 3 aliphatic carbocycles. The molecule has 15 nitrogen and oxygen atoms in total. The van der Waals surface area contributed by atoms with Gasteiger partial charge in [0.1, 0.15) is 35.8 Å². The number of ketones is 1. The van der Waals surface area contributed by atoms with Gasteiger partial charge in [0.15, 0.2) is 17.5 Å². The Morgan fingerprint density at radius 2 is 1.58 bits per heavy atom. The zero-order chi connectivity index (χ0) is 46.1. The number of carbonyl (C=O) groups is 5. The largest absolute Gasteiger partial charge is 0.456 e. The van der Waals surface area contributed by atoms with Crippen molar-refractivity contribution in [2.45, 2.75) is 127 Å². The van der Waals surface area contributed by atoms with Crippen LogP contribution in [0.4, 0.5) is 22.4 Å². The monoisotopic (exact) mass is 879 g/mol. The first-order chi connectivity index (χ1) is 28.7. The standard InChI is InChI=1S/C43H49F4NO14/c1-20-25(59-36(55)31(52)29(22-13-9-8-10-14-22)48-37(56)62-39(5,6)43(45,46)47)18-42(57)34(60-35(54)23-15-11-12-16-24(23)44)32-40(7,33(53)30(51)28(20)38(42,3)4)26(50)17-27-41(32,19-58-27)61-21(2)49/h8-16,25-27,29-32,34,50-52,57H,17-19H2,1-7H3,(H,48,56)/t25-,26-,27+,29-,30+,31+,32-,34-,40+,41-,42+/m0/s1. The van der Waals surface area contributed by atoms with Gasteiger partial charge in [-0.25, -0.2) is 18.8 Å². The molecule has 0 spiro atoms. The molecule has 1 aliphatic heterocycles. The molecule has 62 heavy (non-hydrogen) atoms. The highest BCUT2D eigenvalue weighted by Crippen LogP contribution is 2.64. The number of hydrogen-bond acceptors (Lipinski definition) is 14. The number of benzene rings is 2. The van der Waals surface area contributed by atoms with Gasteiger partial charge in [-0.15, -0.1) is 0 Å². The second-order valence-electron chi connectivity index (χ2n) is 17.6. The van der Waals surface area contributed by atoms with Crippen molar-refractivity contribution in [1.82, 2.24) is 5.32 Å². The Kier molecular flexibility index (Phi) is 12.0. The number of aliphatic hydroxyl groups excluding tert-OH is 3. The van der Waals surface area contributed by atoms with Crippen molar-refractivity contribution in [3.05, 3.63) is 82.7 Å². The third kappa shape index (κ3) is 7.44. The molecule has 4 aliphatic rings. The molecule has 1 heterocycles. The maximum Gasteiger partial charge on any atom is 0.427 e. The first-order valence-electron chi connectivity index (χ1n) is 19.8. The van der Waals surface area contributed by atoms with Crippen LogP contribution >= 0.6 is 0 Å². The SMILES string of the molecule is CC(=O)O[C@@]12CO[C@@H]1C[C@H](O)[C@@]1(C)C(=O)[C@H](O)C3=C(C)[C@@H](OC(=O)[C@H](O)[C@@H](NC(=O)OC(C)(C)C(F)(F)F)c4ccccc4)C[C@@](O)([C@@H](OC(=O)c4ccccc4F)[C@H]21)C3(C)C. The van der Waals surface area contributed by atoms with Crippen molar-refractivity contribution in [1.29, 1.82) is 0 Å². The van der Waals surface area contributed by atoms with Gasteiger partial charge < -0.3 is 49.4 Å². The number of rotatable bonds is 9. The minimum absolute atomic E-state index is 0.0201. The van der Waals surface area contributed by atoms with Crippen LogP contribution < -0.4 is 5.32 Å². The lowest BCUT2D eigenvalue weighted by atomic mass is 9.44. The van der Waals surface area contributed by atoms with Crippen molar-refractivity contribution < 1.29 is 85.6 Å². The molecule has 11 atom stereocenters. The van der Waals surface area contributed by atoms with E-state index >= 15 is 4.39 Å². The van der Waals surface area contributed by atoms with E-state index in [0.29, 0.717) is 13.8 Å². The summed E-state index contributed by atoms with van der Waals surface area (Å²) in [5.41, 5.74) is -12.4. The fourth-order valence-corrected chi connectivity index (χ4v) is 9.62. The van der Waals surface area contributed by atoms with Crippen LogP contribution in [0, 0.1) is 22.6 Å². The van der Waals surface area contributed by atoms with Gasteiger partial charge in [0.2, 0.25) is 5.60 Å². The summed E-state index contributed by atoms with van der Waals surface area (Å²) in [5, 5.41) is 50.9. The second kappa shape index (κ2) is 16.0. The topological polar surface area (TPSA) is 224 Å². The van der Waals surface area contributed by atoms with Crippen molar-refractivity contribution in [2.24, 2.45) is 16.7 Å². The quantitative estimate of drug-likeness (QED) is 0.104. The van der Waals surface area contributed by atoms with E-state index in [-0.39, 0.29) is 23.1 Å². The lowest BCUT2D eigenvalue weighted by Gasteiger charge is -2.67. The number of amides is 1. The van der Waals surface area contributed by atoms with Crippen LogP contribution in [-0.2, 0) is 38.1 Å². The van der Waals surface area contributed by atoms with Crippen LogP contribution in [0.5, 0.6) is 0 Å². The van der Waals surface area contributed by atoms with E-state index in [4.69, 9.17) is 18.9 Å². The molecule has 2 saturated carbocycles. The first kappa shape index (κ1) is 46.6. The van der Waals surface area contributed by atoms with Crippen molar-refractivity contribution >= 4 is 29.8 Å². The number of alkyl halides is 3. The minimum Gasteiger partial charge on any atom is -0.456 e. The van der Waals surface area contributed by atoms with Gasteiger partial charge in [0, 0.05) is 25.2 Å². The average molecular weight is 880 g/mol. The van der Waals surface area contributed by atoms with Gasteiger partial charge in [0.25, 0.3) is 0 Å². The number of ether oxygens (including phenoxy) is 5. The summed E-state index contributed by atoms with van der Waals surface area (Å²) in [6, 6.07) is 10.0. The Morgan fingerprint density at radius 1 is 0.968 bits per heavy atom. The number of aliphatic hydroxyl groups is 4. The van der Waals surface area contributed by atoms with Crippen LogP contribution in [0.1, 0.15) is 83.3 Å². The van der Waals surface area contributed by atoms with E-state index in [1.807, 2.05) is 0 Å². The van der Waals surface area contributed by atoms with E-state index < -0.39 is 137 Å². The summed E-state index contributed by atoms with van der Waals surface area (Å²) < 4.78 is 84.2. The van der Waals surface area contributed by atoms with E-state index in [1.54, 1.807) is 6.07 Å². The van der Waals surface area contributed by atoms with E-state index in [1.165, 1.54) is 64.1 Å². The number of hydrogen-bond donors (Lipinski definition) is 5. The molecular formula is C43H49F4NO14. The van der Waals surface area contributed by atoms with Crippen molar-refractivity contribution in [3.8, 4) is 0 Å². The Balaban J connectivity index is 1.47. The van der Waals surface area contributed by atoms with Gasteiger partial charge >= 0.3 is 30.2 Å². The second-order valence-corrected chi connectivity index (χ2v) is 17.6. The fourth-order valence-electron chi connectivity index (χ4n) is 9.62.